The minimum absolute atomic E-state index is 0.255. The van der Waals surface area contributed by atoms with Gasteiger partial charge in [0.15, 0.2) is 0 Å². The van der Waals surface area contributed by atoms with E-state index < -0.39 is 0 Å². The van der Waals surface area contributed by atoms with Crippen molar-refractivity contribution in [1.29, 1.82) is 0 Å². The highest BCUT2D eigenvalue weighted by Gasteiger charge is 2.36. The minimum atomic E-state index is 0.255. The number of nitrogens with one attached hydrogen (secondary N) is 1. The molecule has 0 bridgehead atoms. The van der Waals surface area contributed by atoms with Crippen molar-refractivity contribution in [3.05, 3.63) is 0 Å². The summed E-state index contributed by atoms with van der Waals surface area (Å²) in [5.41, 5.74) is 6.50. The Hall–Kier alpha value is -0.0800. The van der Waals surface area contributed by atoms with E-state index in [1.165, 1.54) is 12.8 Å². The molecule has 0 spiro atoms. The Balaban J connectivity index is 2.09. The van der Waals surface area contributed by atoms with Crippen LogP contribution in [0.25, 0.3) is 0 Å². The largest absolute Gasteiger partial charge is 0.330 e. The highest BCUT2D eigenvalue weighted by molar-refractivity contribution is 4.90. The van der Waals surface area contributed by atoms with Crippen molar-refractivity contribution in [2.24, 2.45) is 16.6 Å². The lowest BCUT2D eigenvalue weighted by Crippen LogP contribution is -2.37. The lowest BCUT2D eigenvalue weighted by Gasteiger charge is -2.23. The molecule has 1 rings (SSSR count). The van der Waals surface area contributed by atoms with Gasteiger partial charge in [-0.15, -0.1) is 0 Å². The Kier molecular flexibility index (Phi) is 2.79. The lowest BCUT2D eigenvalue weighted by molar-refractivity contribution is 0.336. The second-order valence-electron chi connectivity index (χ2n) is 5.28. The molecule has 0 heterocycles. The van der Waals surface area contributed by atoms with Crippen molar-refractivity contribution in [1.82, 2.24) is 5.32 Å². The van der Waals surface area contributed by atoms with Crippen LogP contribution in [0.5, 0.6) is 0 Å². The Labute approximate surface area is 75.9 Å². The molecule has 1 fully saturated rings. The zero-order valence-electron chi connectivity index (χ0n) is 8.61. The number of hydrogen-bond acceptors (Lipinski definition) is 2. The van der Waals surface area contributed by atoms with Gasteiger partial charge in [0.25, 0.3) is 0 Å². The van der Waals surface area contributed by atoms with E-state index >= 15 is 0 Å². The molecule has 2 nitrogen and oxygen atoms in total. The third kappa shape index (κ3) is 3.11. The second-order valence-corrected chi connectivity index (χ2v) is 5.28. The van der Waals surface area contributed by atoms with Gasteiger partial charge in [-0.05, 0) is 30.2 Å². The normalized spacial score (nSPS) is 21.0. The van der Waals surface area contributed by atoms with Crippen LogP contribution in [0.2, 0.25) is 0 Å². The standard InChI is InChI=1S/C10H22N2/c1-9(2,6-11)7-12-8-10(3)4-5-10/h12H,4-8,11H2,1-3H3. The smallest absolute Gasteiger partial charge is 0.00148 e. The molecule has 0 aromatic carbocycles. The molecule has 1 aliphatic carbocycles. The van der Waals surface area contributed by atoms with Crippen molar-refractivity contribution in [3.63, 3.8) is 0 Å². The molecule has 0 aromatic heterocycles. The first kappa shape index (κ1) is 10.0. The SMILES string of the molecule is CC(C)(CN)CNCC1(C)CC1. The van der Waals surface area contributed by atoms with Gasteiger partial charge in [-0.25, -0.2) is 0 Å². The number of nitrogens with two attached hydrogens (primary N) is 1. The molecule has 0 aliphatic heterocycles. The number of rotatable bonds is 5. The van der Waals surface area contributed by atoms with Gasteiger partial charge in [0.1, 0.15) is 0 Å². The summed E-state index contributed by atoms with van der Waals surface area (Å²) < 4.78 is 0. The first-order chi connectivity index (χ1) is 5.47. The quantitative estimate of drug-likeness (QED) is 0.654. The fourth-order valence-electron chi connectivity index (χ4n) is 1.16. The van der Waals surface area contributed by atoms with E-state index in [1.807, 2.05) is 0 Å². The van der Waals surface area contributed by atoms with E-state index in [9.17, 15) is 0 Å². The molecule has 2 heteroatoms. The molecule has 0 unspecified atom stereocenters. The Morgan fingerprint density at radius 3 is 2.42 bits per heavy atom. The van der Waals surface area contributed by atoms with Crippen LogP contribution >= 0.6 is 0 Å². The number of hydrogen-bond donors (Lipinski definition) is 2. The lowest BCUT2D eigenvalue weighted by atomic mass is 9.93. The van der Waals surface area contributed by atoms with Crippen molar-refractivity contribution >= 4 is 0 Å². The van der Waals surface area contributed by atoms with Gasteiger partial charge in [0.05, 0.1) is 0 Å². The van der Waals surface area contributed by atoms with Crippen LogP contribution in [0.15, 0.2) is 0 Å². The van der Waals surface area contributed by atoms with E-state index in [4.69, 9.17) is 5.73 Å². The molecule has 3 N–H and O–H groups in total. The first-order valence-corrected chi connectivity index (χ1v) is 4.88. The Morgan fingerprint density at radius 1 is 1.42 bits per heavy atom. The average Bonchev–Trinajstić information content (AvgIpc) is 2.68. The fourth-order valence-corrected chi connectivity index (χ4v) is 1.16. The summed E-state index contributed by atoms with van der Waals surface area (Å²) in [6, 6.07) is 0. The summed E-state index contributed by atoms with van der Waals surface area (Å²) in [5, 5.41) is 3.50. The van der Waals surface area contributed by atoms with Gasteiger partial charge in [-0.1, -0.05) is 20.8 Å². The van der Waals surface area contributed by atoms with Crippen LogP contribution in [0.3, 0.4) is 0 Å². The molecule has 0 amide bonds. The Morgan fingerprint density at radius 2 is 2.00 bits per heavy atom. The topological polar surface area (TPSA) is 38.0 Å². The van der Waals surface area contributed by atoms with E-state index in [0.29, 0.717) is 5.41 Å². The second kappa shape index (κ2) is 3.35. The maximum Gasteiger partial charge on any atom is 0.00148 e. The van der Waals surface area contributed by atoms with Gasteiger partial charge >= 0.3 is 0 Å². The van der Waals surface area contributed by atoms with E-state index in [0.717, 1.165) is 19.6 Å². The van der Waals surface area contributed by atoms with Crippen LogP contribution in [0.4, 0.5) is 0 Å². The van der Waals surface area contributed by atoms with Crippen molar-refractivity contribution < 1.29 is 0 Å². The molecule has 0 saturated heterocycles. The third-order valence-corrected chi connectivity index (χ3v) is 2.81. The third-order valence-electron chi connectivity index (χ3n) is 2.81. The molecule has 1 saturated carbocycles. The summed E-state index contributed by atoms with van der Waals surface area (Å²) in [6.07, 6.45) is 2.78. The van der Waals surface area contributed by atoms with E-state index in [2.05, 4.69) is 26.1 Å². The molecule has 72 valence electrons. The molecule has 0 atom stereocenters. The maximum atomic E-state index is 5.63. The van der Waals surface area contributed by atoms with Gasteiger partial charge < -0.3 is 11.1 Å². The minimum Gasteiger partial charge on any atom is -0.330 e. The van der Waals surface area contributed by atoms with Crippen LogP contribution in [0.1, 0.15) is 33.6 Å². The van der Waals surface area contributed by atoms with Crippen molar-refractivity contribution in [2.45, 2.75) is 33.6 Å². The summed E-state index contributed by atoms with van der Waals surface area (Å²) >= 11 is 0. The average molecular weight is 170 g/mol. The van der Waals surface area contributed by atoms with Gasteiger partial charge in [-0.3, -0.25) is 0 Å². The molecule has 0 radical (unpaired) electrons. The predicted octanol–water partition coefficient (Wildman–Crippen LogP) is 1.36. The highest BCUT2D eigenvalue weighted by atomic mass is 14.9. The fraction of sp³-hybridized carbons (Fsp3) is 1.00. The highest BCUT2D eigenvalue weighted by Crippen LogP contribution is 2.44. The van der Waals surface area contributed by atoms with Crippen LogP contribution in [0, 0.1) is 10.8 Å². The summed E-state index contributed by atoms with van der Waals surface area (Å²) in [7, 11) is 0. The zero-order valence-corrected chi connectivity index (χ0v) is 8.61. The molecular formula is C10H22N2. The van der Waals surface area contributed by atoms with E-state index in [-0.39, 0.29) is 5.41 Å². The molecule has 12 heavy (non-hydrogen) atoms. The first-order valence-electron chi connectivity index (χ1n) is 4.88. The van der Waals surface area contributed by atoms with Crippen LogP contribution in [-0.2, 0) is 0 Å². The predicted molar refractivity (Wildman–Crippen MR) is 53.0 cm³/mol. The van der Waals surface area contributed by atoms with Crippen LogP contribution in [-0.4, -0.2) is 19.6 Å². The van der Waals surface area contributed by atoms with Crippen molar-refractivity contribution in [2.75, 3.05) is 19.6 Å². The maximum absolute atomic E-state index is 5.63. The molecule has 0 aromatic rings. The van der Waals surface area contributed by atoms with Gasteiger partial charge in [0, 0.05) is 13.1 Å². The van der Waals surface area contributed by atoms with Gasteiger partial charge in [0.2, 0.25) is 0 Å². The summed E-state index contributed by atoms with van der Waals surface area (Å²) in [6.45, 7) is 9.71. The van der Waals surface area contributed by atoms with Crippen LogP contribution < -0.4 is 11.1 Å². The van der Waals surface area contributed by atoms with E-state index in [1.54, 1.807) is 0 Å². The molecular weight excluding hydrogens is 148 g/mol. The molecule has 1 aliphatic rings. The summed E-state index contributed by atoms with van der Waals surface area (Å²) in [5.74, 6) is 0. The zero-order chi connectivity index (χ0) is 9.24. The summed E-state index contributed by atoms with van der Waals surface area (Å²) in [4.78, 5) is 0. The van der Waals surface area contributed by atoms with Gasteiger partial charge in [-0.2, -0.15) is 0 Å². The monoisotopic (exact) mass is 170 g/mol. The van der Waals surface area contributed by atoms with Crippen molar-refractivity contribution in [3.8, 4) is 0 Å². The Bertz CT molecular complexity index is 148.